The van der Waals surface area contributed by atoms with Gasteiger partial charge in [-0.15, -0.1) is 0 Å². The number of carbonyl (C=O) groups is 3. The molecule has 150 valence electrons. The number of nitrogens with zero attached hydrogens (tertiary/aromatic N) is 2. The van der Waals surface area contributed by atoms with Crippen LogP contribution in [0.25, 0.3) is 0 Å². The number of benzene rings is 1. The fourth-order valence-corrected chi connectivity index (χ4v) is 2.92. The highest BCUT2D eigenvalue weighted by Gasteiger charge is 2.34. The third kappa shape index (κ3) is 5.46. The predicted molar refractivity (Wildman–Crippen MR) is 103 cm³/mol. The molecule has 2 amide bonds. The minimum atomic E-state index is -0.898. The van der Waals surface area contributed by atoms with Crippen LogP contribution in [0.3, 0.4) is 0 Å². The van der Waals surface area contributed by atoms with E-state index in [1.807, 2.05) is 0 Å². The summed E-state index contributed by atoms with van der Waals surface area (Å²) < 4.78 is 5.08. The molecule has 0 radical (unpaired) electrons. The molecular formula is C17H20N4O6S. The Morgan fingerprint density at radius 2 is 2.04 bits per heavy atom. The van der Waals surface area contributed by atoms with E-state index in [1.165, 1.54) is 29.2 Å². The van der Waals surface area contributed by atoms with Crippen molar-refractivity contribution in [3.8, 4) is 0 Å². The Hall–Kier alpha value is -3.08. The first kappa shape index (κ1) is 21.2. The number of rotatable bonds is 5. The molecule has 11 heteroatoms. The maximum Gasteiger partial charge on any atom is 0.308 e. The van der Waals surface area contributed by atoms with Crippen molar-refractivity contribution in [2.45, 2.75) is 32.4 Å². The van der Waals surface area contributed by atoms with Gasteiger partial charge < -0.3 is 15.0 Å². The number of nitro benzene ring substituents is 1. The minimum absolute atomic E-state index is 0.0134. The third-order valence-electron chi connectivity index (χ3n) is 3.88. The first-order valence-electron chi connectivity index (χ1n) is 8.52. The number of hydrogen-bond acceptors (Lipinski definition) is 7. The Bertz CT molecular complexity index is 795. The van der Waals surface area contributed by atoms with Gasteiger partial charge in [-0.1, -0.05) is 0 Å². The molecule has 1 aliphatic rings. The standard InChI is InChI=1S/C17H20N4O6S/c1-10(2)27-14(22)9-13-16(24)18-7-8-20(13)17(28)19-15(23)11-3-5-12(6-4-11)21(25)26/h3-6,10,13H,7-9H2,1-2H3,(H,18,24)(H,19,23,28)/t13-/m1/s1. The quantitative estimate of drug-likeness (QED) is 0.316. The SMILES string of the molecule is CC(C)OC(=O)C[C@@H]1C(=O)NCCN1C(=S)NC(=O)c1ccc([N+](=O)[O-])cc1. The second-order valence-electron chi connectivity index (χ2n) is 6.31. The molecule has 1 fully saturated rings. The number of amides is 2. The monoisotopic (exact) mass is 408 g/mol. The Morgan fingerprint density at radius 3 is 2.61 bits per heavy atom. The van der Waals surface area contributed by atoms with E-state index in [1.54, 1.807) is 13.8 Å². The second-order valence-corrected chi connectivity index (χ2v) is 6.69. The Kier molecular flexibility index (Phi) is 6.99. The molecule has 1 aromatic carbocycles. The zero-order valence-corrected chi connectivity index (χ0v) is 16.2. The summed E-state index contributed by atoms with van der Waals surface area (Å²) in [5.41, 5.74) is 0.0285. The van der Waals surface area contributed by atoms with E-state index >= 15 is 0 Å². The van der Waals surface area contributed by atoms with Crippen LogP contribution in [0.5, 0.6) is 0 Å². The lowest BCUT2D eigenvalue weighted by Gasteiger charge is -2.36. The number of nitro groups is 1. The zero-order chi connectivity index (χ0) is 20.8. The molecule has 0 unspecified atom stereocenters. The van der Waals surface area contributed by atoms with Gasteiger partial charge in [-0.3, -0.25) is 29.8 Å². The van der Waals surface area contributed by atoms with Crippen molar-refractivity contribution >= 4 is 40.8 Å². The van der Waals surface area contributed by atoms with Crippen LogP contribution in [-0.4, -0.2) is 58.0 Å². The summed E-state index contributed by atoms with van der Waals surface area (Å²) in [4.78, 5) is 48.1. The number of hydrogen-bond donors (Lipinski definition) is 2. The van der Waals surface area contributed by atoms with Gasteiger partial charge in [0.1, 0.15) is 6.04 Å². The summed E-state index contributed by atoms with van der Waals surface area (Å²) >= 11 is 5.24. The van der Waals surface area contributed by atoms with E-state index in [0.29, 0.717) is 13.1 Å². The molecule has 1 aliphatic heterocycles. The van der Waals surface area contributed by atoms with E-state index in [0.717, 1.165) is 0 Å². The predicted octanol–water partition coefficient (Wildman–Crippen LogP) is 0.752. The number of carbonyl (C=O) groups excluding carboxylic acids is 3. The van der Waals surface area contributed by atoms with Crippen molar-refractivity contribution in [3.63, 3.8) is 0 Å². The van der Waals surface area contributed by atoms with Crippen LogP contribution in [0.4, 0.5) is 5.69 Å². The van der Waals surface area contributed by atoms with E-state index in [4.69, 9.17) is 17.0 Å². The van der Waals surface area contributed by atoms with Gasteiger partial charge in [-0.05, 0) is 38.2 Å². The summed E-state index contributed by atoms with van der Waals surface area (Å²) in [5, 5.41) is 15.8. The molecule has 28 heavy (non-hydrogen) atoms. The van der Waals surface area contributed by atoms with Crippen molar-refractivity contribution in [2.24, 2.45) is 0 Å². The van der Waals surface area contributed by atoms with Gasteiger partial charge in [0.25, 0.3) is 11.6 Å². The van der Waals surface area contributed by atoms with Crippen LogP contribution < -0.4 is 10.6 Å². The molecule has 10 nitrogen and oxygen atoms in total. The Balaban J connectivity index is 2.06. The van der Waals surface area contributed by atoms with E-state index in [9.17, 15) is 24.5 Å². The van der Waals surface area contributed by atoms with Gasteiger partial charge in [0.2, 0.25) is 5.91 Å². The van der Waals surface area contributed by atoms with E-state index in [2.05, 4.69) is 10.6 Å². The smallest absolute Gasteiger partial charge is 0.308 e. The van der Waals surface area contributed by atoms with Crippen LogP contribution in [-0.2, 0) is 14.3 Å². The summed E-state index contributed by atoms with van der Waals surface area (Å²) in [6.07, 6.45) is -0.529. The highest BCUT2D eigenvalue weighted by molar-refractivity contribution is 7.80. The van der Waals surface area contributed by atoms with Gasteiger partial charge in [0.15, 0.2) is 5.11 Å². The van der Waals surface area contributed by atoms with Gasteiger partial charge in [-0.2, -0.15) is 0 Å². The molecule has 1 saturated heterocycles. The molecule has 1 heterocycles. The fourth-order valence-electron chi connectivity index (χ4n) is 2.61. The average molecular weight is 408 g/mol. The van der Waals surface area contributed by atoms with Crippen LogP contribution in [0, 0.1) is 10.1 Å². The molecule has 0 aliphatic carbocycles. The fraction of sp³-hybridized carbons (Fsp3) is 0.412. The van der Waals surface area contributed by atoms with Gasteiger partial charge in [0, 0.05) is 30.8 Å². The molecule has 0 bridgehead atoms. The summed E-state index contributed by atoms with van der Waals surface area (Å²) in [5.74, 6) is -1.51. The first-order chi connectivity index (χ1) is 13.2. The highest BCUT2D eigenvalue weighted by atomic mass is 32.1. The van der Waals surface area contributed by atoms with Crippen molar-refractivity contribution in [3.05, 3.63) is 39.9 Å². The second kappa shape index (κ2) is 9.22. The van der Waals surface area contributed by atoms with Crippen molar-refractivity contribution < 1.29 is 24.0 Å². The van der Waals surface area contributed by atoms with Crippen LogP contribution in [0.1, 0.15) is 30.6 Å². The number of non-ortho nitro benzene ring substituents is 1. The molecule has 0 aromatic heterocycles. The van der Waals surface area contributed by atoms with Crippen molar-refractivity contribution in [1.29, 1.82) is 0 Å². The lowest BCUT2D eigenvalue weighted by molar-refractivity contribution is -0.384. The molecule has 0 saturated carbocycles. The number of ether oxygens (including phenoxy) is 1. The number of thiocarbonyl (C=S) groups is 1. The number of piperazine rings is 1. The topological polar surface area (TPSA) is 131 Å². The van der Waals surface area contributed by atoms with Crippen LogP contribution in [0.2, 0.25) is 0 Å². The van der Waals surface area contributed by atoms with E-state index < -0.39 is 22.8 Å². The molecule has 1 aromatic rings. The normalized spacial score (nSPS) is 16.3. The maximum atomic E-state index is 12.3. The number of nitrogens with one attached hydrogen (secondary N) is 2. The highest BCUT2D eigenvalue weighted by Crippen LogP contribution is 2.14. The lowest BCUT2D eigenvalue weighted by Crippen LogP contribution is -2.60. The van der Waals surface area contributed by atoms with Gasteiger partial charge in [-0.25, -0.2) is 0 Å². The molecule has 2 N–H and O–H groups in total. The van der Waals surface area contributed by atoms with E-state index in [-0.39, 0.29) is 34.8 Å². The maximum absolute atomic E-state index is 12.3. The average Bonchev–Trinajstić information content (AvgIpc) is 2.62. The molecule has 1 atom stereocenters. The van der Waals surface area contributed by atoms with Crippen LogP contribution in [0.15, 0.2) is 24.3 Å². The van der Waals surface area contributed by atoms with Crippen molar-refractivity contribution in [2.75, 3.05) is 13.1 Å². The molecule has 0 spiro atoms. The lowest BCUT2D eigenvalue weighted by atomic mass is 10.1. The Morgan fingerprint density at radius 1 is 1.39 bits per heavy atom. The summed E-state index contributed by atoms with van der Waals surface area (Å²) in [7, 11) is 0. The first-order valence-corrected chi connectivity index (χ1v) is 8.93. The summed E-state index contributed by atoms with van der Waals surface area (Å²) in [6.45, 7) is 4.02. The Labute approximate surface area is 166 Å². The van der Waals surface area contributed by atoms with Gasteiger partial charge >= 0.3 is 5.97 Å². The minimum Gasteiger partial charge on any atom is -0.463 e. The van der Waals surface area contributed by atoms with Crippen LogP contribution >= 0.6 is 12.2 Å². The zero-order valence-electron chi connectivity index (χ0n) is 15.3. The number of esters is 1. The van der Waals surface area contributed by atoms with Crippen molar-refractivity contribution in [1.82, 2.24) is 15.5 Å². The summed E-state index contributed by atoms with van der Waals surface area (Å²) in [6, 6.07) is 4.12. The largest absolute Gasteiger partial charge is 0.463 e. The van der Waals surface area contributed by atoms with Gasteiger partial charge in [0.05, 0.1) is 17.4 Å². The molecule has 2 rings (SSSR count). The molecular weight excluding hydrogens is 388 g/mol. The third-order valence-corrected chi connectivity index (χ3v) is 4.22.